The van der Waals surface area contributed by atoms with Crippen LogP contribution in [0.4, 0.5) is 0 Å². The summed E-state index contributed by atoms with van der Waals surface area (Å²) in [6, 6.07) is 0.527. The van der Waals surface area contributed by atoms with E-state index in [0.29, 0.717) is 6.04 Å². The van der Waals surface area contributed by atoms with Gasteiger partial charge in [-0.25, -0.2) is 0 Å². The second kappa shape index (κ2) is 7.69. The molecule has 1 saturated heterocycles. The number of allylic oxidation sites excluding steroid dienone is 1. The molecule has 2 fully saturated rings. The van der Waals surface area contributed by atoms with Gasteiger partial charge in [0.15, 0.2) is 0 Å². The topological polar surface area (TPSA) is 32.3 Å². The molecule has 2 heteroatoms. The Hall–Kier alpha value is -1.22. The zero-order valence-electron chi connectivity index (χ0n) is 12.9. The first kappa shape index (κ1) is 16.2. The molecule has 2 rings (SSSR count). The third kappa shape index (κ3) is 3.91. The number of terminal acetylenes is 2. The lowest BCUT2D eigenvalue weighted by atomic mass is 9.66. The van der Waals surface area contributed by atoms with Crippen molar-refractivity contribution in [3.05, 3.63) is 12.2 Å². The second-order valence-corrected chi connectivity index (χ2v) is 6.50. The molecule has 2 N–H and O–H groups in total. The van der Waals surface area contributed by atoms with Crippen molar-refractivity contribution in [3.63, 3.8) is 0 Å². The van der Waals surface area contributed by atoms with E-state index < -0.39 is 0 Å². The summed E-state index contributed by atoms with van der Waals surface area (Å²) in [7, 11) is 0. The lowest BCUT2D eigenvalue weighted by molar-refractivity contribution is 0.00278. The Labute approximate surface area is 129 Å². The second-order valence-electron chi connectivity index (χ2n) is 6.50. The normalized spacial score (nSPS) is 36.4. The molecule has 21 heavy (non-hydrogen) atoms. The first-order valence-corrected chi connectivity index (χ1v) is 8.24. The molecule has 0 aromatic heterocycles. The van der Waals surface area contributed by atoms with Gasteiger partial charge < -0.3 is 10.4 Å². The minimum Gasteiger partial charge on any atom is -0.392 e. The highest BCUT2D eigenvalue weighted by molar-refractivity contribution is 5.17. The van der Waals surface area contributed by atoms with Crippen LogP contribution in [0.2, 0.25) is 0 Å². The number of hydrogen-bond acceptors (Lipinski definition) is 2. The average Bonchev–Trinajstić information content (AvgIpc) is 2.47. The number of unbranched alkanes of at least 4 members (excludes halogenated alkanes) is 1. The third-order valence-electron chi connectivity index (χ3n) is 5.12. The first-order valence-electron chi connectivity index (χ1n) is 8.24. The van der Waals surface area contributed by atoms with Crippen LogP contribution < -0.4 is 5.32 Å². The summed E-state index contributed by atoms with van der Waals surface area (Å²) in [5, 5.41) is 14.3. The average molecular weight is 285 g/mol. The predicted octanol–water partition coefficient (Wildman–Crippen LogP) is 3.02. The minimum absolute atomic E-state index is 0.0318. The Balaban J connectivity index is 2.07. The fraction of sp³-hybridized carbons (Fsp3) is 0.684. The molecule has 0 aromatic rings. The minimum atomic E-state index is -0.277. The lowest BCUT2D eigenvalue weighted by Crippen LogP contribution is -2.61. The van der Waals surface area contributed by atoms with Gasteiger partial charge in [-0.1, -0.05) is 18.4 Å². The van der Waals surface area contributed by atoms with E-state index in [4.69, 9.17) is 12.8 Å². The van der Waals surface area contributed by atoms with Gasteiger partial charge in [0.25, 0.3) is 0 Å². The Morgan fingerprint density at radius 2 is 2.00 bits per heavy atom. The van der Waals surface area contributed by atoms with Crippen LogP contribution in [-0.4, -0.2) is 22.8 Å². The molecule has 1 saturated carbocycles. The molecule has 0 amide bonds. The Kier molecular flexibility index (Phi) is 5.92. The molecule has 4 atom stereocenters. The van der Waals surface area contributed by atoms with E-state index in [9.17, 15) is 5.11 Å². The molecule has 0 radical (unpaired) electrons. The highest BCUT2D eigenvalue weighted by atomic mass is 16.3. The third-order valence-corrected chi connectivity index (χ3v) is 5.12. The molecule has 114 valence electrons. The van der Waals surface area contributed by atoms with Crippen molar-refractivity contribution in [2.24, 2.45) is 5.92 Å². The number of aliphatic hydroxyl groups excluding tert-OH is 1. The molecular weight excluding hydrogens is 258 g/mol. The summed E-state index contributed by atoms with van der Waals surface area (Å²) in [6.45, 7) is 0. The SMILES string of the molecule is C#C/C=C\C1C(O)CCCC12CCCC(CCCC#C)N2. The zero-order valence-corrected chi connectivity index (χ0v) is 12.9. The van der Waals surface area contributed by atoms with E-state index in [0.717, 1.165) is 44.9 Å². The molecule has 4 unspecified atom stereocenters. The molecule has 0 aromatic carbocycles. The maximum atomic E-state index is 10.4. The van der Waals surface area contributed by atoms with Gasteiger partial charge in [0.1, 0.15) is 0 Å². The van der Waals surface area contributed by atoms with E-state index in [2.05, 4.69) is 17.2 Å². The highest BCUT2D eigenvalue weighted by Gasteiger charge is 2.45. The summed E-state index contributed by atoms with van der Waals surface area (Å²) in [5.74, 6) is 5.43. The van der Waals surface area contributed by atoms with Crippen LogP contribution in [0, 0.1) is 30.6 Å². The Morgan fingerprint density at radius 1 is 1.24 bits per heavy atom. The molecule has 0 bridgehead atoms. The summed E-state index contributed by atoms with van der Waals surface area (Å²) in [5.41, 5.74) is 0.0318. The highest BCUT2D eigenvalue weighted by Crippen LogP contribution is 2.41. The standard InChI is InChI=1S/C19H27NO/c1-3-5-7-10-16-11-8-14-19(20-16)15-9-13-18(21)17(19)12-6-4-2/h1-2,6,12,16-18,20-21H,5,7-11,13-15H2/b12-6-. The monoisotopic (exact) mass is 285 g/mol. The maximum Gasteiger partial charge on any atom is 0.0620 e. The van der Waals surface area contributed by atoms with E-state index in [1.165, 1.54) is 12.8 Å². The van der Waals surface area contributed by atoms with Crippen molar-refractivity contribution in [1.82, 2.24) is 5.32 Å². The molecule has 1 aliphatic carbocycles. The van der Waals surface area contributed by atoms with Crippen LogP contribution in [0.1, 0.15) is 57.8 Å². The van der Waals surface area contributed by atoms with Gasteiger partial charge in [-0.2, -0.15) is 0 Å². The number of piperidine rings is 1. The van der Waals surface area contributed by atoms with Crippen LogP contribution >= 0.6 is 0 Å². The van der Waals surface area contributed by atoms with E-state index in [-0.39, 0.29) is 17.6 Å². The number of aliphatic hydroxyl groups is 1. The smallest absolute Gasteiger partial charge is 0.0620 e. The Bertz CT molecular complexity index is 437. The molecular formula is C19H27NO. The van der Waals surface area contributed by atoms with Crippen LogP contribution in [0.3, 0.4) is 0 Å². The summed E-state index contributed by atoms with van der Waals surface area (Å²) < 4.78 is 0. The van der Waals surface area contributed by atoms with Crippen molar-refractivity contribution in [2.45, 2.75) is 75.5 Å². The van der Waals surface area contributed by atoms with Gasteiger partial charge >= 0.3 is 0 Å². The molecule has 1 heterocycles. The Morgan fingerprint density at radius 3 is 2.71 bits per heavy atom. The van der Waals surface area contributed by atoms with Gasteiger partial charge in [0, 0.05) is 23.9 Å². The van der Waals surface area contributed by atoms with E-state index >= 15 is 0 Å². The fourth-order valence-electron chi connectivity index (χ4n) is 4.15. The number of rotatable bonds is 4. The van der Waals surface area contributed by atoms with Gasteiger partial charge in [0.05, 0.1) is 6.10 Å². The molecule has 1 aliphatic heterocycles. The van der Waals surface area contributed by atoms with E-state index in [1.54, 1.807) is 6.08 Å². The summed E-state index contributed by atoms with van der Waals surface area (Å²) in [4.78, 5) is 0. The van der Waals surface area contributed by atoms with Crippen molar-refractivity contribution in [3.8, 4) is 24.7 Å². The summed E-state index contributed by atoms with van der Waals surface area (Å²) >= 11 is 0. The van der Waals surface area contributed by atoms with Crippen LogP contribution in [0.15, 0.2) is 12.2 Å². The fourth-order valence-corrected chi connectivity index (χ4v) is 4.15. The van der Waals surface area contributed by atoms with Gasteiger partial charge in [-0.3, -0.25) is 0 Å². The van der Waals surface area contributed by atoms with Gasteiger partial charge in [-0.05, 0) is 51.0 Å². The lowest BCUT2D eigenvalue weighted by Gasteiger charge is -2.51. The van der Waals surface area contributed by atoms with Crippen molar-refractivity contribution >= 4 is 0 Å². The predicted molar refractivity (Wildman–Crippen MR) is 87.5 cm³/mol. The number of hydrogen-bond donors (Lipinski definition) is 2. The van der Waals surface area contributed by atoms with E-state index in [1.807, 2.05) is 6.08 Å². The largest absolute Gasteiger partial charge is 0.392 e. The zero-order chi connectivity index (χ0) is 15.1. The number of nitrogens with one attached hydrogen (secondary N) is 1. The first-order chi connectivity index (χ1) is 10.2. The maximum absolute atomic E-state index is 10.4. The molecule has 2 nitrogen and oxygen atoms in total. The molecule has 1 spiro atoms. The van der Waals surface area contributed by atoms with Crippen LogP contribution in [0.25, 0.3) is 0 Å². The summed E-state index contributed by atoms with van der Waals surface area (Å²) in [6.07, 6.45) is 24.0. The van der Waals surface area contributed by atoms with Crippen molar-refractivity contribution < 1.29 is 5.11 Å². The van der Waals surface area contributed by atoms with Crippen LogP contribution in [0.5, 0.6) is 0 Å². The van der Waals surface area contributed by atoms with Crippen molar-refractivity contribution in [1.29, 1.82) is 0 Å². The van der Waals surface area contributed by atoms with Crippen LogP contribution in [-0.2, 0) is 0 Å². The quantitative estimate of drug-likeness (QED) is 0.615. The molecule has 2 aliphatic rings. The van der Waals surface area contributed by atoms with Gasteiger partial charge in [0.2, 0.25) is 0 Å². The van der Waals surface area contributed by atoms with Gasteiger partial charge in [-0.15, -0.1) is 18.8 Å². The van der Waals surface area contributed by atoms with Crippen molar-refractivity contribution in [2.75, 3.05) is 0 Å².